The number of nitrogens with zero attached hydrogens (tertiary/aromatic N) is 7. The Morgan fingerprint density at radius 1 is 0.900 bits per heavy atom. The number of hydrogen-bond donors (Lipinski definition) is 1. The van der Waals surface area contributed by atoms with Crippen molar-refractivity contribution in [2.75, 3.05) is 36.0 Å². The summed E-state index contributed by atoms with van der Waals surface area (Å²) in [6.45, 7) is 13.0. The third-order valence-electron chi connectivity index (χ3n) is 8.48. The summed E-state index contributed by atoms with van der Waals surface area (Å²) < 4.78 is 27.7. The number of benzene rings is 1. The van der Waals surface area contributed by atoms with Crippen LogP contribution < -0.4 is 21.0 Å². The first-order valence-electron chi connectivity index (χ1n) is 13.5. The first-order valence-corrected chi connectivity index (χ1v) is 13.5. The van der Waals surface area contributed by atoms with Crippen molar-refractivity contribution in [2.45, 2.75) is 51.4 Å². The molecule has 12 heteroatoms. The average Bonchev–Trinajstić information content (AvgIpc) is 3.46. The standard InChI is InChI=1S/C28H34BFN8O2/c1-26(2)27(3,4)40-29(39-26)21-14-23-24(34-18-35-38(23)17-21)36-10-12-37(13-11-36)25-32-15-20(16-33-25)28(5,31)19-6-8-22(30)9-7-19/h6-9,14-18H,10-13,31H2,1-5H3. The smallest absolute Gasteiger partial charge is 0.399 e. The first kappa shape index (κ1) is 26.6. The Bertz CT molecular complexity index is 1500. The molecule has 0 amide bonds. The minimum Gasteiger partial charge on any atom is -0.399 e. The zero-order chi connectivity index (χ0) is 28.3. The highest BCUT2D eigenvalue weighted by molar-refractivity contribution is 6.62. The van der Waals surface area contributed by atoms with Crippen molar-refractivity contribution in [1.29, 1.82) is 0 Å². The van der Waals surface area contributed by atoms with E-state index in [-0.39, 0.29) is 5.82 Å². The molecule has 0 bridgehead atoms. The molecule has 2 aliphatic rings. The minimum atomic E-state index is -0.834. The van der Waals surface area contributed by atoms with E-state index in [1.165, 1.54) is 12.1 Å². The largest absolute Gasteiger partial charge is 0.496 e. The van der Waals surface area contributed by atoms with Crippen LogP contribution in [0, 0.1) is 5.82 Å². The Hall–Kier alpha value is -3.61. The molecule has 1 atom stereocenters. The fourth-order valence-corrected chi connectivity index (χ4v) is 5.12. The molecule has 0 saturated carbocycles. The van der Waals surface area contributed by atoms with Gasteiger partial charge < -0.3 is 24.8 Å². The van der Waals surface area contributed by atoms with Gasteiger partial charge >= 0.3 is 7.12 Å². The molecule has 208 valence electrons. The van der Waals surface area contributed by atoms with E-state index in [1.807, 2.05) is 45.3 Å². The molecule has 0 aliphatic carbocycles. The Balaban J connectivity index is 1.15. The summed E-state index contributed by atoms with van der Waals surface area (Å²) in [6.07, 6.45) is 7.04. The van der Waals surface area contributed by atoms with Gasteiger partial charge in [0.25, 0.3) is 0 Å². The van der Waals surface area contributed by atoms with Gasteiger partial charge in [-0.1, -0.05) is 12.1 Å². The monoisotopic (exact) mass is 544 g/mol. The number of halogens is 1. The van der Waals surface area contributed by atoms with Gasteiger partial charge in [-0.15, -0.1) is 0 Å². The highest BCUT2D eigenvalue weighted by Gasteiger charge is 2.52. The van der Waals surface area contributed by atoms with E-state index in [0.29, 0.717) is 5.95 Å². The molecule has 10 nitrogen and oxygen atoms in total. The van der Waals surface area contributed by atoms with Crippen LogP contribution in [0.5, 0.6) is 0 Å². The van der Waals surface area contributed by atoms with E-state index in [2.05, 4.69) is 35.9 Å². The number of aromatic nitrogens is 5. The average molecular weight is 544 g/mol. The van der Waals surface area contributed by atoms with E-state index in [4.69, 9.17) is 15.0 Å². The van der Waals surface area contributed by atoms with Crippen LogP contribution in [0.15, 0.2) is 55.2 Å². The fourth-order valence-electron chi connectivity index (χ4n) is 5.12. The molecular weight excluding hydrogens is 510 g/mol. The molecule has 40 heavy (non-hydrogen) atoms. The number of nitrogens with two attached hydrogens (primary N) is 1. The molecule has 2 saturated heterocycles. The summed E-state index contributed by atoms with van der Waals surface area (Å²) >= 11 is 0. The van der Waals surface area contributed by atoms with Crippen LogP contribution in [-0.4, -0.2) is 69.1 Å². The molecule has 3 aromatic heterocycles. The second-order valence-electron chi connectivity index (χ2n) is 11.7. The molecular formula is C28H34BFN8O2. The van der Waals surface area contributed by atoms with Crippen LogP contribution >= 0.6 is 0 Å². The third kappa shape index (κ3) is 4.59. The Labute approximate surface area is 233 Å². The summed E-state index contributed by atoms with van der Waals surface area (Å²) in [5.41, 5.74) is 8.29. The summed E-state index contributed by atoms with van der Waals surface area (Å²) in [4.78, 5) is 18.3. The molecule has 4 aromatic rings. The molecule has 6 rings (SSSR count). The van der Waals surface area contributed by atoms with Crippen molar-refractivity contribution in [3.05, 3.63) is 72.2 Å². The first-order chi connectivity index (χ1) is 18.9. The molecule has 0 spiro atoms. The van der Waals surface area contributed by atoms with Crippen LogP contribution in [0.3, 0.4) is 0 Å². The zero-order valence-electron chi connectivity index (χ0n) is 23.5. The maximum Gasteiger partial charge on any atom is 0.496 e. The predicted molar refractivity (Wildman–Crippen MR) is 152 cm³/mol. The highest BCUT2D eigenvalue weighted by atomic mass is 19.1. The van der Waals surface area contributed by atoms with Gasteiger partial charge in [0.15, 0.2) is 5.82 Å². The van der Waals surface area contributed by atoms with Gasteiger partial charge in [0.1, 0.15) is 17.7 Å². The van der Waals surface area contributed by atoms with Gasteiger partial charge in [0.2, 0.25) is 5.95 Å². The van der Waals surface area contributed by atoms with Crippen LogP contribution in [0.4, 0.5) is 16.2 Å². The van der Waals surface area contributed by atoms with Crippen molar-refractivity contribution in [3.8, 4) is 0 Å². The molecule has 2 fully saturated rings. The van der Waals surface area contributed by atoms with Crippen molar-refractivity contribution < 1.29 is 13.7 Å². The van der Waals surface area contributed by atoms with E-state index >= 15 is 0 Å². The lowest BCUT2D eigenvalue weighted by Crippen LogP contribution is -2.47. The molecule has 2 N–H and O–H groups in total. The number of hydrogen-bond acceptors (Lipinski definition) is 9. The van der Waals surface area contributed by atoms with Crippen LogP contribution in [-0.2, 0) is 14.8 Å². The van der Waals surface area contributed by atoms with Gasteiger partial charge in [-0.3, -0.25) is 0 Å². The van der Waals surface area contributed by atoms with Gasteiger partial charge in [-0.25, -0.2) is 23.9 Å². The second kappa shape index (κ2) is 9.50. The van der Waals surface area contributed by atoms with Crippen LogP contribution in [0.2, 0.25) is 0 Å². The topological polar surface area (TPSA) is 107 Å². The number of fused-ring (bicyclic) bond motifs is 1. The van der Waals surface area contributed by atoms with Gasteiger partial charge in [-0.2, -0.15) is 5.10 Å². The van der Waals surface area contributed by atoms with Crippen molar-refractivity contribution >= 4 is 29.9 Å². The Morgan fingerprint density at radius 3 is 2.12 bits per heavy atom. The predicted octanol–water partition coefficient (Wildman–Crippen LogP) is 2.51. The lowest BCUT2D eigenvalue weighted by molar-refractivity contribution is 0.00578. The summed E-state index contributed by atoms with van der Waals surface area (Å²) in [7, 11) is -0.463. The Morgan fingerprint density at radius 2 is 1.50 bits per heavy atom. The number of piperazine rings is 1. The number of anilines is 2. The SMILES string of the molecule is CC(N)(c1ccc(F)cc1)c1cnc(N2CCN(c3ncnn4cc(B5OC(C)(C)C(C)(C)O5)cc34)CC2)nc1. The second-order valence-corrected chi connectivity index (χ2v) is 11.7. The number of rotatable bonds is 5. The van der Waals surface area contributed by atoms with Crippen molar-refractivity contribution in [2.24, 2.45) is 5.73 Å². The summed E-state index contributed by atoms with van der Waals surface area (Å²) in [5.74, 6) is 1.22. The fraction of sp³-hybridized carbons (Fsp3) is 0.429. The molecule has 1 unspecified atom stereocenters. The summed E-state index contributed by atoms with van der Waals surface area (Å²) in [6, 6.07) is 8.25. The van der Waals surface area contributed by atoms with Crippen molar-refractivity contribution in [3.63, 3.8) is 0 Å². The van der Waals surface area contributed by atoms with Crippen LogP contribution in [0.1, 0.15) is 45.7 Å². The van der Waals surface area contributed by atoms with Gasteiger partial charge in [-0.05, 0) is 58.4 Å². The molecule has 2 aliphatic heterocycles. The molecule has 1 aromatic carbocycles. The molecule has 5 heterocycles. The maximum absolute atomic E-state index is 13.4. The van der Waals surface area contributed by atoms with Crippen molar-refractivity contribution in [1.82, 2.24) is 24.6 Å². The molecule has 0 radical (unpaired) electrons. The normalized spacial score (nSPS) is 20.2. The summed E-state index contributed by atoms with van der Waals surface area (Å²) in [5, 5.41) is 4.43. The zero-order valence-corrected chi connectivity index (χ0v) is 23.5. The van der Waals surface area contributed by atoms with E-state index < -0.39 is 23.9 Å². The highest BCUT2D eigenvalue weighted by Crippen LogP contribution is 2.37. The lowest BCUT2D eigenvalue weighted by atomic mass is 9.81. The quantitative estimate of drug-likeness (QED) is 0.380. The Kier molecular flexibility index (Phi) is 6.32. The lowest BCUT2D eigenvalue weighted by Gasteiger charge is -2.35. The van der Waals surface area contributed by atoms with Crippen LogP contribution in [0.25, 0.3) is 5.52 Å². The van der Waals surface area contributed by atoms with E-state index in [9.17, 15) is 4.39 Å². The van der Waals surface area contributed by atoms with E-state index in [1.54, 1.807) is 30.9 Å². The maximum atomic E-state index is 13.4. The van der Waals surface area contributed by atoms with Gasteiger partial charge in [0, 0.05) is 55.8 Å². The minimum absolute atomic E-state index is 0.296. The van der Waals surface area contributed by atoms with E-state index in [0.717, 1.165) is 54.1 Å². The third-order valence-corrected chi connectivity index (χ3v) is 8.48. The van der Waals surface area contributed by atoms with Gasteiger partial charge in [0.05, 0.1) is 16.7 Å².